The molecule has 0 aliphatic carbocycles. The van der Waals surface area contributed by atoms with Gasteiger partial charge < -0.3 is 14.7 Å². The van der Waals surface area contributed by atoms with E-state index in [9.17, 15) is 9.59 Å². The molecule has 0 fully saturated rings. The molecule has 1 aromatic carbocycles. The zero-order valence-electron chi connectivity index (χ0n) is 13.3. The zero-order chi connectivity index (χ0) is 16.6. The SMILES string of the molecule is CCOC(=O)c1[nH]c2c(C)ccc(C)c2c(=O)c1-c1ccc[nH]1. The summed E-state index contributed by atoms with van der Waals surface area (Å²) in [6, 6.07) is 7.40. The lowest BCUT2D eigenvalue weighted by Gasteiger charge is -2.12. The summed E-state index contributed by atoms with van der Waals surface area (Å²) in [7, 11) is 0. The summed E-state index contributed by atoms with van der Waals surface area (Å²) in [4.78, 5) is 31.6. The van der Waals surface area contributed by atoms with E-state index in [2.05, 4.69) is 9.97 Å². The number of fused-ring (bicyclic) bond motifs is 1. The van der Waals surface area contributed by atoms with Gasteiger partial charge in [0.15, 0.2) is 5.43 Å². The number of esters is 1. The Bertz CT molecular complexity index is 937. The Hall–Kier alpha value is -2.82. The summed E-state index contributed by atoms with van der Waals surface area (Å²) in [5, 5.41) is 0.600. The van der Waals surface area contributed by atoms with Crippen molar-refractivity contribution in [3.05, 3.63) is 57.5 Å². The maximum absolute atomic E-state index is 13.1. The van der Waals surface area contributed by atoms with Crippen molar-refractivity contribution in [3.63, 3.8) is 0 Å². The molecule has 0 aliphatic rings. The molecule has 118 valence electrons. The lowest BCUT2D eigenvalue weighted by atomic mass is 10.00. The molecule has 0 radical (unpaired) electrons. The smallest absolute Gasteiger partial charge is 0.355 e. The minimum atomic E-state index is -0.531. The molecule has 2 aromatic heterocycles. The van der Waals surface area contributed by atoms with Gasteiger partial charge in [-0.3, -0.25) is 4.79 Å². The largest absolute Gasteiger partial charge is 0.461 e. The molecule has 3 rings (SSSR count). The van der Waals surface area contributed by atoms with E-state index in [1.165, 1.54) is 0 Å². The number of aromatic nitrogens is 2. The molecule has 0 bridgehead atoms. The number of rotatable bonds is 3. The molecule has 0 saturated heterocycles. The van der Waals surface area contributed by atoms with Crippen LogP contribution in [0, 0.1) is 13.8 Å². The highest BCUT2D eigenvalue weighted by Gasteiger charge is 2.22. The fourth-order valence-electron chi connectivity index (χ4n) is 2.79. The van der Waals surface area contributed by atoms with Gasteiger partial charge >= 0.3 is 5.97 Å². The second kappa shape index (κ2) is 5.76. The number of carbonyl (C=O) groups excluding carboxylic acids is 1. The van der Waals surface area contributed by atoms with Crippen molar-refractivity contribution in [2.24, 2.45) is 0 Å². The molecule has 2 heterocycles. The predicted molar refractivity (Wildman–Crippen MR) is 89.8 cm³/mol. The first-order valence-corrected chi connectivity index (χ1v) is 7.51. The third-order valence-electron chi connectivity index (χ3n) is 3.92. The molecular formula is C18H18N2O3. The van der Waals surface area contributed by atoms with E-state index in [4.69, 9.17) is 4.74 Å². The number of hydrogen-bond donors (Lipinski definition) is 2. The molecule has 23 heavy (non-hydrogen) atoms. The summed E-state index contributed by atoms with van der Waals surface area (Å²) in [6.07, 6.45) is 1.72. The van der Waals surface area contributed by atoms with Crippen LogP contribution in [0.3, 0.4) is 0 Å². The maximum atomic E-state index is 13.1. The molecule has 0 unspecified atom stereocenters. The maximum Gasteiger partial charge on any atom is 0.355 e. The number of H-pyrrole nitrogens is 2. The van der Waals surface area contributed by atoms with Crippen molar-refractivity contribution < 1.29 is 9.53 Å². The number of nitrogens with one attached hydrogen (secondary N) is 2. The molecule has 0 atom stereocenters. The first-order chi connectivity index (χ1) is 11.0. The van der Waals surface area contributed by atoms with E-state index in [1.54, 1.807) is 25.3 Å². The fraction of sp³-hybridized carbons (Fsp3) is 0.222. The lowest BCUT2D eigenvalue weighted by Crippen LogP contribution is -2.18. The molecule has 0 spiro atoms. The van der Waals surface area contributed by atoms with Crippen molar-refractivity contribution in [2.45, 2.75) is 20.8 Å². The summed E-state index contributed by atoms with van der Waals surface area (Å²) < 4.78 is 5.12. The first kappa shape index (κ1) is 15.1. The van der Waals surface area contributed by atoms with Crippen LogP contribution in [-0.4, -0.2) is 22.5 Å². The van der Waals surface area contributed by atoms with Gasteiger partial charge in [-0.2, -0.15) is 0 Å². The van der Waals surface area contributed by atoms with Crippen LogP contribution in [0.2, 0.25) is 0 Å². The Labute approximate surface area is 133 Å². The number of hydrogen-bond acceptors (Lipinski definition) is 3. The number of carbonyl (C=O) groups is 1. The normalized spacial score (nSPS) is 10.9. The van der Waals surface area contributed by atoms with Crippen molar-refractivity contribution >= 4 is 16.9 Å². The number of aryl methyl sites for hydroxylation is 2. The molecule has 2 N–H and O–H groups in total. The minimum Gasteiger partial charge on any atom is -0.461 e. The second-order valence-electron chi connectivity index (χ2n) is 5.46. The number of aromatic amines is 2. The molecule has 0 saturated carbocycles. The Morgan fingerprint density at radius 1 is 1.17 bits per heavy atom. The number of pyridine rings is 1. The van der Waals surface area contributed by atoms with Crippen molar-refractivity contribution in [3.8, 4) is 11.3 Å². The van der Waals surface area contributed by atoms with Gasteiger partial charge in [0.25, 0.3) is 0 Å². The third kappa shape index (κ3) is 2.44. The molecule has 0 aliphatic heterocycles. The van der Waals surface area contributed by atoms with Crippen LogP contribution in [0.5, 0.6) is 0 Å². The van der Waals surface area contributed by atoms with E-state index in [0.717, 1.165) is 11.1 Å². The molecular weight excluding hydrogens is 292 g/mol. The Morgan fingerprint density at radius 3 is 2.57 bits per heavy atom. The van der Waals surface area contributed by atoms with E-state index in [0.29, 0.717) is 22.2 Å². The lowest BCUT2D eigenvalue weighted by molar-refractivity contribution is 0.0521. The monoisotopic (exact) mass is 310 g/mol. The van der Waals surface area contributed by atoms with Crippen molar-refractivity contribution in [1.82, 2.24) is 9.97 Å². The van der Waals surface area contributed by atoms with E-state index in [-0.39, 0.29) is 17.7 Å². The summed E-state index contributed by atoms with van der Waals surface area (Å²) >= 11 is 0. The topological polar surface area (TPSA) is 75.0 Å². The van der Waals surface area contributed by atoms with Crippen LogP contribution in [-0.2, 0) is 4.74 Å². The van der Waals surface area contributed by atoms with Gasteiger partial charge in [-0.1, -0.05) is 12.1 Å². The van der Waals surface area contributed by atoms with Crippen LogP contribution < -0.4 is 5.43 Å². The Kier molecular flexibility index (Phi) is 3.78. The highest BCUT2D eigenvalue weighted by atomic mass is 16.5. The van der Waals surface area contributed by atoms with Crippen LogP contribution in [0.25, 0.3) is 22.2 Å². The highest BCUT2D eigenvalue weighted by Crippen LogP contribution is 2.24. The second-order valence-corrected chi connectivity index (χ2v) is 5.46. The van der Waals surface area contributed by atoms with Gasteiger partial charge in [-0.15, -0.1) is 0 Å². The van der Waals surface area contributed by atoms with Gasteiger partial charge in [-0.25, -0.2) is 4.79 Å². The third-order valence-corrected chi connectivity index (χ3v) is 3.92. The van der Waals surface area contributed by atoms with Crippen LogP contribution >= 0.6 is 0 Å². The minimum absolute atomic E-state index is 0.176. The number of benzene rings is 1. The van der Waals surface area contributed by atoms with Gasteiger partial charge in [0.05, 0.1) is 23.4 Å². The highest BCUT2D eigenvalue weighted by molar-refractivity contribution is 6.00. The van der Waals surface area contributed by atoms with Crippen molar-refractivity contribution in [2.75, 3.05) is 6.61 Å². The summed E-state index contributed by atoms with van der Waals surface area (Å²) in [5.41, 5.74) is 3.37. The summed E-state index contributed by atoms with van der Waals surface area (Å²) in [5.74, 6) is -0.531. The fourth-order valence-corrected chi connectivity index (χ4v) is 2.79. The molecule has 3 aromatic rings. The average Bonchev–Trinajstić information content (AvgIpc) is 3.04. The van der Waals surface area contributed by atoms with E-state index < -0.39 is 5.97 Å². The average molecular weight is 310 g/mol. The van der Waals surface area contributed by atoms with Gasteiger partial charge in [0.1, 0.15) is 5.69 Å². The Morgan fingerprint density at radius 2 is 1.91 bits per heavy atom. The van der Waals surface area contributed by atoms with Crippen LogP contribution in [0.15, 0.2) is 35.3 Å². The van der Waals surface area contributed by atoms with Crippen molar-refractivity contribution in [1.29, 1.82) is 0 Å². The molecule has 5 heteroatoms. The van der Waals surface area contributed by atoms with Gasteiger partial charge in [-0.05, 0) is 44.0 Å². The Balaban J connectivity index is 2.45. The van der Waals surface area contributed by atoms with Gasteiger partial charge in [0, 0.05) is 11.6 Å². The molecule has 0 amide bonds. The quantitative estimate of drug-likeness (QED) is 0.729. The zero-order valence-corrected chi connectivity index (χ0v) is 13.3. The van der Waals surface area contributed by atoms with Crippen LogP contribution in [0.1, 0.15) is 28.5 Å². The number of ether oxygens (including phenoxy) is 1. The first-order valence-electron chi connectivity index (χ1n) is 7.51. The summed E-state index contributed by atoms with van der Waals surface area (Å²) in [6.45, 7) is 5.77. The molecule has 5 nitrogen and oxygen atoms in total. The standard InChI is InChI=1S/C18H18N2O3/c1-4-23-18(22)16-14(12-6-5-9-19-12)17(21)13-10(2)7-8-11(3)15(13)20-16/h5-9,19H,4H2,1-3H3,(H,20,21). The predicted octanol–water partition coefficient (Wildman–Crippen LogP) is 3.32. The van der Waals surface area contributed by atoms with Crippen LogP contribution in [0.4, 0.5) is 0 Å². The van der Waals surface area contributed by atoms with E-state index in [1.807, 2.05) is 26.0 Å². The van der Waals surface area contributed by atoms with E-state index >= 15 is 0 Å². The van der Waals surface area contributed by atoms with Gasteiger partial charge in [0.2, 0.25) is 0 Å².